The number of aromatic nitrogens is 3. The van der Waals surface area contributed by atoms with E-state index in [0.717, 1.165) is 35.9 Å². The molecule has 5 nitrogen and oxygen atoms in total. The van der Waals surface area contributed by atoms with Crippen LogP contribution in [0.2, 0.25) is 5.02 Å². The number of carbonyl (C=O) groups is 1. The number of amides is 1. The maximum Gasteiger partial charge on any atom is 0.233 e. The molecule has 0 radical (unpaired) electrons. The number of nitrogens with zero attached hydrogens (tertiary/aromatic N) is 4. The van der Waals surface area contributed by atoms with E-state index >= 15 is 0 Å². The molecule has 30 heavy (non-hydrogen) atoms. The molecular formula is C22H23ClN4OS2. The van der Waals surface area contributed by atoms with E-state index in [1.807, 2.05) is 39.8 Å². The molecule has 1 atom stereocenters. The molecule has 0 saturated carbocycles. The number of halogens is 1. The third-order valence-electron chi connectivity index (χ3n) is 5.26. The second-order valence-electron chi connectivity index (χ2n) is 7.06. The lowest BCUT2D eigenvalue weighted by Crippen LogP contribution is -2.40. The topological polar surface area (TPSA) is 51.0 Å². The lowest BCUT2D eigenvalue weighted by atomic mass is 9.98. The van der Waals surface area contributed by atoms with Crippen LogP contribution in [0.3, 0.4) is 0 Å². The Bertz CT molecular complexity index is 1040. The van der Waals surface area contributed by atoms with Gasteiger partial charge in [-0.05, 0) is 54.1 Å². The first-order valence-corrected chi connectivity index (χ1v) is 12.1. The first-order valence-electron chi connectivity index (χ1n) is 9.91. The van der Waals surface area contributed by atoms with Crippen molar-refractivity contribution in [1.82, 2.24) is 19.7 Å². The highest BCUT2D eigenvalue weighted by atomic mass is 35.5. The first-order chi connectivity index (χ1) is 14.6. The highest BCUT2D eigenvalue weighted by Gasteiger charge is 2.30. The number of rotatable bonds is 7. The van der Waals surface area contributed by atoms with E-state index in [1.165, 1.54) is 22.2 Å². The van der Waals surface area contributed by atoms with Crippen molar-refractivity contribution in [3.8, 4) is 11.4 Å². The Morgan fingerprint density at radius 3 is 2.87 bits per heavy atom. The molecule has 0 aliphatic carbocycles. The molecule has 3 heterocycles. The van der Waals surface area contributed by atoms with Crippen molar-refractivity contribution in [1.29, 1.82) is 0 Å². The third-order valence-corrected chi connectivity index (χ3v) is 7.46. The highest BCUT2D eigenvalue weighted by molar-refractivity contribution is 7.99. The van der Waals surface area contributed by atoms with Crippen LogP contribution in [0.1, 0.15) is 29.8 Å². The van der Waals surface area contributed by atoms with Crippen molar-refractivity contribution in [3.05, 3.63) is 63.8 Å². The van der Waals surface area contributed by atoms with Crippen LogP contribution in [0.5, 0.6) is 0 Å². The summed E-state index contributed by atoms with van der Waals surface area (Å²) < 4.78 is 1.98. The Morgan fingerprint density at radius 2 is 2.13 bits per heavy atom. The summed E-state index contributed by atoms with van der Waals surface area (Å²) in [6.07, 6.45) is 3.67. The van der Waals surface area contributed by atoms with Gasteiger partial charge in [0.15, 0.2) is 11.0 Å². The lowest BCUT2D eigenvalue weighted by Gasteiger charge is -2.35. The molecule has 4 rings (SSSR count). The number of hydrogen-bond donors (Lipinski definition) is 0. The summed E-state index contributed by atoms with van der Waals surface area (Å²) in [6, 6.07) is 9.84. The monoisotopic (exact) mass is 458 g/mol. The first kappa shape index (κ1) is 21.2. The Kier molecular flexibility index (Phi) is 6.61. The number of benzene rings is 1. The number of fused-ring (bicyclic) bond motifs is 1. The summed E-state index contributed by atoms with van der Waals surface area (Å²) in [5.74, 6) is 1.23. The van der Waals surface area contributed by atoms with Gasteiger partial charge in [-0.25, -0.2) is 0 Å². The highest BCUT2D eigenvalue weighted by Crippen LogP contribution is 2.36. The maximum atomic E-state index is 13.1. The average molecular weight is 459 g/mol. The van der Waals surface area contributed by atoms with Gasteiger partial charge < -0.3 is 4.90 Å². The van der Waals surface area contributed by atoms with Crippen molar-refractivity contribution < 1.29 is 4.79 Å². The van der Waals surface area contributed by atoms with Crippen molar-refractivity contribution >= 4 is 40.6 Å². The minimum absolute atomic E-state index is 0.143. The minimum Gasteiger partial charge on any atom is -0.335 e. The summed E-state index contributed by atoms with van der Waals surface area (Å²) in [5, 5.41) is 12.2. The summed E-state index contributed by atoms with van der Waals surface area (Å²) in [7, 11) is 0. The predicted molar refractivity (Wildman–Crippen MR) is 124 cm³/mol. The Balaban J connectivity index is 1.50. The van der Waals surface area contributed by atoms with Gasteiger partial charge >= 0.3 is 0 Å². The van der Waals surface area contributed by atoms with E-state index in [2.05, 4.69) is 35.1 Å². The molecule has 0 spiro atoms. The van der Waals surface area contributed by atoms with E-state index in [-0.39, 0.29) is 11.9 Å². The summed E-state index contributed by atoms with van der Waals surface area (Å²) in [5.41, 5.74) is 2.24. The third kappa shape index (κ3) is 4.19. The molecule has 0 saturated heterocycles. The molecule has 1 unspecified atom stereocenters. The van der Waals surface area contributed by atoms with Crippen molar-refractivity contribution in [2.45, 2.75) is 37.5 Å². The van der Waals surface area contributed by atoms with E-state index < -0.39 is 0 Å². The molecule has 2 aromatic heterocycles. The second kappa shape index (κ2) is 9.37. The van der Waals surface area contributed by atoms with Crippen molar-refractivity contribution in [2.75, 3.05) is 12.3 Å². The molecule has 1 aliphatic rings. The predicted octanol–water partition coefficient (Wildman–Crippen LogP) is 5.47. The van der Waals surface area contributed by atoms with Crippen LogP contribution in [0.4, 0.5) is 0 Å². The molecule has 0 bridgehead atoms. The van der Waals surface area contributed by atoms with Gasteiger partial charge in [-0.1, -0.05) is 36.4 Å². The van der Waals surface area contributed by atoms with E-state index in [1.54, 1.807) is 11.3 Å². The van der Waals surface area contributed by atoms with Gasteiger partial charge in [0.2, 0.25) is 5.91 Å². The van der Waals surface area contributed by atoms with E-state index in [0.29, 0.717) is 17.3 Å². The summed E-state index contributed by atoms with van der Waals surface area (Å²) in [4.78, 5) is 16.5. The molecule has 8 heteroatoms. The van der Waals surface area contributed by atoms with Gasteiger partial charge in [0, 0.05) is 28.6 Å². The Hall–Kier alpha value is -2.09. The number of hydrogen-bond acceptors (Lipinski definition) is 5. The van der Waals surface area contributed by atoms with Crippen molar-refractivity contribution in [3.63, 3.8) is 0 Å². The number of thioether (sulfide) groups is 1. The largest absolute Gasteiger partial charge is 0.335 e. The van der Waals surface area contributed by atoms with Crippen molar-refractivity contribution in [2.24, 2.45) is 0 Å². The fourth-order valence-electron chi connectivity index (χ4n) is 3.85. The zero-order chi connectivity index (χ0) is 21.1. The Labute approximate surface area is 189 Å². The quantitative estimate of drug-likeness (QED) is 0.347. The van der Waals surface area contributed by atoms with Crippen LogP contribution >= 0.6 is 34.7 Å². The van der Waals surface area contributed by atoms with Crippen LogP contribution in [-0.4, -0.2) is 37.9 Å². The molecule has 1 aliphatic heterocycles. The van der Waals surface area contributed by atoms with Gasteiger partial charge in [-0.3, -0.25) is 9.36 Å². The number of allylic oxidation sites excluding steroid dienone is 1. The summed E-state index contributed by atoms with van der Waals surface area (Å²) in [6.45, 7) is 7.34. The fraction of sp³-hybridized carbons (Fsp3) is 0.318. The molecular weight excluding hydrogens is 436 g/mol. The maximum absolute atomic E-state index is 13.1. The van der Waals surface area contributed by atoms with Gasteiger partial charge in [-0.2, -0.15) is 0 Å². The van der Waals surface area contributed by atoms with Gasteiger partial charge in [0.25, 0.3) is 0 Å². The standard InChI is InChI=1S/C22H23ClN4OS2/c1-3-11-27-21(15-5-7-16(23)8-6-15)24-25-22(27)30-14-20(28)26-12-9-19-17(10-13-29-19)18(26)4-2/h3,5-8,10,13,18H,1,4,9,11-12,14H2,2H3. The van der Waals surface area contributed by atoms with Gasteiger partial charge in [-0.15, -0.1) is 28.1 Å². The second-order valence-corrected chi connectivity index (χ2v) is 9.44. The Morgan fingerprint density at radius 1 is 1.33 bits per heavy atom. The molecule has 0 N–H and O–H groups in total. The summed E-state index contributed by atoms with van der Waals surface area (Å²) >= 11 is 9.23. The smallest absolute Gasteiger partial charge is 0.233 e. The minimum atomic E-state index is 0.143. The molecule has 1 aromatic carbocycles. The van der Waals surface area contributed by atoms with E-state index in [9.17, 15) is 4.79 Å². The fourth-order valence-corrected chi connectivity index (χ4v) is 5.73. The van der Waals surface area contributed by atoms with Crippen LogP contribution < -0.4 is 0 Å². The normalized spacial score (nSPS) is 15.8. The SMILES string of the molecule is C=CCn1c(SCC(=O)N2CCc3sccc3C2CC)nnc1-c1ccc(Cl)cc1. The zero-order valence-electron chi connectivity index (χ0n) is 16.8. The van der Waals surface area contributed by atoms with Gasteiger partial charge in [0.1, 0.15) is 0 Å². The van der Waals surface area contributed by atoms with Crippen LogP contribution in [-0.2, 0) is 17.8 Å². The molecule has 3 aromatic rings. The molecule has 1 amide bonds. The molecule has 0 fully saturated rings. The lowest BCUT2D eigenvalue weighted by molar-refractivity contribution is -0.131. The number of thiophene rings is 1. The number of carbonyl (C=O) groups excluding carboxylic acids is 1. The van der Waals surface area contributed by atoms with Crippen LogP contribution in [0, 0.1) is 0 Å². The molecule has 156 valence electrons. The average Bonchev–Trinajstić information content (AvgIpc) is 3.39. The van der Waals surface area contributed by atoms with Crippen LogP contribution in [0.15, 0.2) is 53.5 Å². The van der Waals surface area contributed by atoms with Crippen LogP contribution in [0.25, 0.3) is 11.4 Å². The van der Waals surface area contributed by atoms with Gasteiger partial charge in [0.05, 0.1) is 11.8 Å². The zero-order valence-corrected chi connectivity index (χ0v) is 19.1. The van der Waals surface area contributed by atoms with E-state index in [4.69, 9.17) is 11.6 Å².